The smallest absolute Gasteiger partial charge is 0.144 e. The van der Waals surface area contributed by atoms with E-state index in [-0.39, 0.29) is 0 Å². The molecular formula is C17H22N2O. The zero-order valence-electron chi connectivity index (χ0n) is 12.7. The number of ether oxygens (including phenoxy) is 1. The van der Waals surface area contributed by atoms with E-state index in [1.807, 2.05) is 37.4 Å². The van der Waals surface area contributed by atoms with Crippen LogP contribution < -0.4 is 4.74 Å². The highest BCUT2D eigenvalue weighted by atomic mass is 16.5. The molecule has 0 amide bonds. The number of hydrogen-bond donors (Lipinski definition) is 0. The Balaban J connectivity index is 2.30. The van der Waals surface area contributed by atoms with E-state index in [2.05, 4.69) is 36.4 Å². The van der Waals surface area contributed by atoms with Crippen LogP contribution in [-0.2, 0) is 6.54 Å². The number of para-hydroxylation sites is 2. The van der Waals surface area contributed by atoms with Crippen LogP contribution in [0.1, 0.15) is 30.8 Å². The van der Waals surface area contributed by atoms with Crippen molar-refractivity contribution < 1.29 is 4.74 Å². The van der Waals surface area contributed by atoms with Crippen molar-refractivity contribution in [2.24, 2.45) is 4.99 Å². The van der Waals surface area contributed by atoms with E-state index in [9.17, 15) is 0 Å². The fourth-order valence-corrected chi connectivity index (χ4v) is 2.43. The topological polar surface area (TPSA) is 26.5 Å². The van der Waals surface area contributed by atoms with Gasteiger partial charge in [-0.25, -0.2) is 0 Å². The van der Waals surface area contributed by atoms with E-state index < -0.39 is 0 Å². The Hall–Kier alpha value is -2.03. The van der Waals surface area contributed by atoms with E-state index in [0.29, 0.717) is 6.61 Å². The molecule has 0 spiro atoms. The average molecular weight is 270 g/mol. The predicted molar refractivity (Wildman–Crippen MR) is 84.4 cm³/mol. The van der Waals surface area contributed by atoms with Crippen molar-refractivity contribution in [1.82, 2.24) is 4.57 Å². The first-order chi connectivity index (χ1) is 9.67. The summed E-state index contributed by atoms with van der Waals surface area (Å²) < 4.78 is 7.87. The number of aromatic nitrogens is 1. The fourth-order valence-electron chi connectivity index (χ4n) is 2.43. The standard InChI is InChI=1S/C17H22N2O/c1-5-19-13(3)11-15(14(19)4)12-18-16-9-7-8-10-17(16)20-6-2/h7-12H,5-6H2,1-4H3. The van der Waals surface area contributed by atoms with Gasteiger partial charge in [0.05, 0.1) is 6.61 Å². The van der Waals surface area contributed by atoms with Gasteiger partial charge in [0, 0.05) is 29.7 Å². The van der Waals surface area contributed by atoms with Gasteiger partial charge in [-0.15, -0.1) is 0 Å². The zero-order valence-corrected chi connectivity index (χ0v) is 12.7. The normalized spacial score (nSPS) is 11.2. The van der Waals surface area contributed by atoms with Gasteiger partial charge >= 0.3 is 0 Å². The molecule has 2 aromatic rings. The summed E-state index contributed by atoms with van der Waals surface area (Å²) in [6, 6.07) is 10.0. The second kappa shape index (κ2) is 6.42. The summed E-state index contributed by atoms with van der Waals surface area (Å²) in [5.74, 6) is 0.829. The molecule has 3 heteroatoms. The molecule has 1 heterocycles. The first kappa shape index (κ1) is 14.4. The van der Waals surface area contributed by atoms with Gasteiger partial charge in [-0.2, -0.15) is 0 Å². The molecule has 0 N–H and O–H groups in total. The average Bonchev–Trinajstić information content (AvgIpc) is 2.72. The molecule has 0 unspecified atom stereocenters. The second-order valence-electron chi connectivity index (χ2n) is 4.73. The lowest BCUT2D eigenvalue weighted by Gasteiger charge is -2.06. The Morgan fingerprint density at radius 2 is 1.95 bits per heavy atom. The van der Waals surface area contributed by atoms with Gasteiger partial charge in [-0.3, -0.25) is 4.99 Å². The fraction of sp³-hybridized carbons (Fsp3) is 0.353. The Kier molecular flexibility index (Phi) is 4.61. The van der Waals surface area contributed by atoms with Gasteiger partial charge in [0.2, 0.25) is 0 Å². The summed E-state index contributed by atoms with van der Waals surface area (Å²) in [5.41, 5.74) is 4.55. The molecule has 20 heavy (non-hydrogen) atoms. The molecule has 0 fully saturated rings. The molecule has 0 aliphatic heterocycles. The molecule has 2 rings (SSSR count). The van der Waals surface area contributed by atoms with Crippen LogP contribution in [0, 0.1) is 13.8 Å². The molecule has 1 aromatic heterocycles. The number of aryl methyl sites for hydroxylation is 1. The molecule has 0 aliphatic rings. The minimum absolute atomic E-state index is 0.650. The van der Waals surface area contributed by atoms with Crippen LogP contribution in [-0.4, -0.2) is 17.4 Å². The van der Waals surface area contributed by atoms with Gasteiger partial charge in [-0.05, 0) is 45.9 Å². The summed E-state index contributed by atoms with van der Waals surface area (Å²) in [7, 11) is 0. The number of rotatable bonds is 5. The van der Waals surface area contributed by atoms with Crippen molar-refractivity contribution in [2.75, 3.05) is 6.61 Å². The molecule has 0 atom stereocenters. The highest BCUT2D eigenvalue weighted by Crippen LogP contribution is 2.27. The highest BCUT2D eigenvalue weighted by molar-refractivity contribution is 5.84. The van der Waals surface area contributed by atoms with Crippen LogP contribution in [0.25, 0.3) is 0 Å². The number of nitrogens with zero attached hydrogens (tertiary/aromatic N) is 2. The lowest BCUT2D eigenvalue weighted by Crippen LogP contribution is -1.99. The van der Waals surface area contributed by atoms with Crippen LogP contribution in [0.2, 0.25) is 0 Å². The van der Waals surface area contributed by atoms with Crippen molar-refractivity contribution in [1.29, 1.82) is 0 Å². The Labute approximate surface area is 120 Å². The van der Waals surface area contributed by atoms with Crippen LogP contribution in [0.4, 0.5) is 5.69 Å². The third kappa shape index (κ3) is 2.93. The van der Waals surface area contributed by atoms with Gasteiger partial charge in [0.15, 0.2) is 0 Å². The minimum atomic E-state index is 0.650. The van der Waals surface area contributed by atoms with Crippen LogP contribution in [0.5, 0.6) is 5.75 Å². The lowest BCUT2D eigenvalue weighted by molar-refractivity contribution is 0.341. The molecule has 0 saturated heterocycles. The number of aliphatic imine (C=N–C) groups is 1. The third-order valence-corrected chi connectivity index (χ3v) is 3.44. The van der Waals surface area contributed by atoms with Crippen molar-refractivity contribution in [3.8, 4) is 5.75 Å². The molecule has 0 saturated carbocycles. The zero-order chi connectivity index (χ0) is 14.5. The lowest BCUT2D eigenvalue weighted by atomic mass is 10.2. The van der Waals surface area contributed by atoms with Gasteiger partial charge in [0.1, 0.15) is 11.4 Å². The van der Waals surface area contributed by atoms with E-state index in [0.717, 1.165) is 23.5 Å². The predicted octanol–water partition coefficient (Wildman–Crippen LogP) is 4.27. The second-order valence-corrected chi connectivity index (χ2v) is 4.73. The maximum absolute atomic E-state index is 5.59. The van der Waals surface area contributed by atoms with Gasteiger partial charge in [0.25, 0.3) is 0 Å². The first-order valence-electron chi connectivity index (χ1n) is 7.10. The minimum Gasteiger partial charge on any atom is -0.492 e. The monoisotopic (exact) mass is 270 g/mol. The quantitative estimate of drug-likeness (QED) is 0.745. The van der Waals surface area contributed by atoms with Crippen molar-refractivity contribution in [3.63, 3.8) is 0 Å². The maximum Gasteiger partial charge on any atom is 0.144 e. The molecule has 3 nitrogen and oxygen atoms in total. The third-order valence-electron chi connectivity index (χ3n) is 3.44. The summed E-state index contributed by atoms with van der Waals surface area (Å²) >= 11 is 0. The summed E-state index contributed by atoms with van der Waals surface area (Å²) in [6.07, 6.45) is 1.92. The van der Waals surface area contributed by atoms with Gasteiger partial charge < -0.3 is 9.30 Å². The molecule has 106 valence electrons. The number of hydrogen-bond acceptors (Lipinski definition) is 2. The van der Waals surface area contributed by atoms with Crippen LogP contribution in [0.3, 0.4) is 0 Å². The van der Waals surface area contributed by atoms with E-state index in [4.69, 9.17) is 4.74 Å². The van der Waals surface area contributed by atoms with E-state index in [1.54, 1.807) is 0 Å². The maximum atomic E-state index is 5.59. The van der Waals surface area contributed by atoms with E-state index in [1.165, 1.54) is 11.4 Å². The molecular weight excluding hydrogens is 248 g/mol. The number of benzene rings is 1. The molecule has 1 aromatic carbocycles. The van der Waals surface area contributed by atoms with Crippen molar-refractivity contribution in [2.45, 2.75) is 34.2 Å². The SMILES string of the molecule is CCOc1ccccc1N=Cc1cc(C)n(CC)c1C. The van der Waals surface area contributed by atoms with E-state index >= 15 is 0 Å². The summed E-state index contributed by atoms with van der Waals surface area (Å²) in [5, 5.41) is 0. The Morgan fingerprint density at radius 1 is 1.20 bits per heavy atom. The van der Waals surface area contributed by atoms with Gasteiger partial charge in [-0.1, -0.05) is 12.1 Å². The Morgan fingerprint density at radius 3 is 2.60 bits per heavy atom. The highest BCUT2D eigenvalue weighted by Gasteiger charge is 2.06. The van der Waals surface area contributed by atoms with Crippen molar-refractivity contribution >= 4 is 11.9 Å². The van der Waals surface area contributed by atoms with Crippen LogP contribution in [0.15, 0.2) is 35.3 Å². The molecule has 0 radical (unpaired) electrons. The summed E-state index contributed by atoms with van der Waals surface area (Å²) in [6.45, 7) is 10.0. The van der Waals surface area contributed by atoms with Crippen molar-refractivity contribution in [3.05, 3.63) is 47.3 Å². The largest absolute Gasteiger partial charge is 0.492 e. The first-order valence-corrected chi connectivity index (χ1v) is 7.10. The Bertz CT molecular complexity index is 611. The molecule has 0 bridgehead atoms. The molecule has 0 aliphatic carbocycles. The van der Waals surface area contributed by atoms with Crippen LogP contribution >= 0.6 is 0 Å². The summed E-state index contributed by atoms with van der Waals surface area (Å²) in [4.78, 5) is 4.58.